The van der Waals surface area contributed by atoms with Crippen LogP contribution < -0.4 is 20.9 Å². The number of ether oxygens (including phenoxy) is 1. The summed E-state index contributed by atoms with van der Waals surface area (Å²) >= 11 is 0. The van der Waals surface area contributed by atoms with E-state index < -0.39 is 6.04 Å². The predicted molar refractivity (Wildman–Crippen MR) is 157 cm³/mol. The van der Waals surface area contributed by atoms with E-state index in [4.69, 9.17) is 4.74 Å². The Morgan fingerprint density at radius 3 is 2.27 bits per heavy atom. The van der Waals surface area contributed by atoms with Crippen molar-refractivity contribution in [3.8, 4) is 11.5 Å². The molecule has 0 saturated carbocycles. The zero-order chi connectivity index (χ0) is 28.2. The number of anilines is 1. The third kappa shape index (κ3) is 6.17. The lowest BCUT2D eigenvalue weighted by Crippen LogP contribution is -2.55. The number of pyridine rings is 1. The molecule has 0 radical (unpaired) electrons. The fourth-order valence-electron chi connectivity index (χ4n) is 5.82. The van der Waals surface area contributed by atoms with Gasteiger partial charge in [-0.15, -0.1) is 0 Å². The zero-order valence-corrected chi connectivity index (χ0v) is 22.6. The second-order valence-corrected chi connectivity index (χ2v) is 10.7. The Hall–Kier alpha value is -4.85. The molecule has 41 heavy (non-hydrogen) atoms. The van der Waals surface area contributed by atoms with Gasteiger partial charge in [0.15, 0.2) is 0 Å². The molecule has 3 amide bonds. The third-order valence-corrected chi connectivity index (χ3v) is 7.76. The first kappa shape index (κ1) is 26.4. The summed E-state index contributed by atoms with van der Waals surface area (Å²) in [5.41, 5.74) is 2.54. The first-order chi connectivity index (χ1) is 20.0. The van der Waals surface area contributed by atoms with Gasteiger partial charge in [0, 0.05) is 49.4 Å². The molecule has 3 aromatic carbocycles. The molecule has 8 heteroatoms. The summed E-state index contributed by atoms with van der Waals surface area (Å²) in [7, 11) is 0. The Morgan fingerprint density at radius 1 is 0.805 bits per heavy atom. The molecule has 6 rings (SSSR count). The monoisotopic (exact) mass is 548 g/mol. The molecular formula is C33H32N4O4. The molecular weight excluding hydrogens is 516 g/mol. The molecule has 4 aromatic rings. The molecule has 2 bridgehead atoms. The maximum absolute atomic E-state index is 13.5. The number of aromatic nitrogens is 1. The summed E-state index contributed by atoms with van der Waals surface area (Å²) in [6.07, 6.45) is 1.30. The van der Waals surface area contributed by atoms with Crippen LogP contribution in [-0.4, -0.2) is 40.5 Å². The Morgan fingerprint density at radius 2 is 1.51 bits per heavy atom. The van der Waals surface area contributed by atoms with E-state index in [0.29, 0.717) is 37.5 Å². The van der Waals surface area contributed by atoms with E-state index in [1.807, 2.05) is 71.3 Å². The van der Waals surface area contributed by atoms with Gasteiger partial charge in [0.2, 0.25) is 5.91 Å². The quantitative estimate of drug-likeness (QED) is 0.339. The average molecular weight is 549 g/mol. The minimum Gasteiger partial charge on any atom is -0.457 e. The molecule has 1 fully saturated rings. The summed E-state index contributed by atoms with van der Waals surface area (Å²) in [5.74, 6) is 1.38. The molecule has 208 valence electrons. The van der Waals surface area contributed by atoms with E-state index in [0.717, 1.165) is 23.4 Å². The van der Waals surface area contributed by atoms with Crippen molar-refractivity contribution in [3.05, 3.63) is 125 Å². The topological polar surface area (TPSA) is 92.7 Å². The van der Waals surface area contributed by atoms with Gasteiger partial charge in [0.05, 0.1) is 0 Å². The average Bonchev–Trinajstić information content (AvgIpc) is 2.99. The fourth-order valence-corrected chi connectivity index (χ4v) is 5.82. The van der Waals surface area contributed by atoms with Gasteiger partial charge >= 0.3 is 6.03 Å². The van der Waals surface area contributed by atoms with Crippen LogP contribution in [0.2, 0.25) is 0 Å². The number of carbonyl (C=O) groups is 2. The Bertz CT molecular complexity index is 1570. The first-order valence-electron chi connectivity index (χ1n) is 13.9. The lowest BCUT2D eigenvalue weighted by Gasteiger charge is -2.43. The largest absolute Gasteiger partial charge is 0.457 e. The van der Waals surface area contributed by atoms with Crippen LogP contribution in [0.1, 0.15) is 23.6 Å². The van der Waals surface area contributed by atoms with Crippen molar-refractivity contribution in [1.82, 2.24) is 14.8 Å². The van der Waals surface area contributed by atoms with E-state index >= 15 is 0 Å². The number of nitrogens with zero attached hydrogens (tertiary/aromatic N) is 2. The highest BCUT2D eigenvalue weighted by Crippen LogP contribution is 2.35. The molecule has 8 nitrogen and oxygen atoms in total. The Balaban J connectivity index is 1.14. The van der Waals surface area contributed by atoms with Gasteiger partial charge < -0.3 is 24.8 Å². The van der Waals surface area contributed by atoms with Crippen LogP contribution in [0.5, 0.6) is 11.5 Å². The lowest BCUT2D eigenvalue weighted by atomic mass is 9.83. The van der Waals surface area contributed by atoms with E-state index in [9.17, 15) is 14.4 Å². The summed E-state index contributed by atoms with van der Waals surface area (Å²) in [6, 6.07) is 30.6. The van der Waals surface area contributed by atoms with Crippen molar-refractivity contribution in [2.24, 2.45) is 5.92 Å². The number of carbonyl (C=O) groups excluding carboxylic acids is 2. The second kappa shape index (κ2) is 11.7. The Kier molecular flexibility index (Phi) is 7.54. The predicted octanol–water partition coefficient (Wildman–Crippen LogP) is 5.02. The minimum atomic E-state index is -0.776. The highest BCUT2D eigenvalue weighted by molar-refractivity contribution is 5.97. The van der Waals surface area contributed by atoms with Gasteiger partial charge in [0.1, 0.15) is 17.5 Å². The van der Waals surface area contributed by atoms with Crippen molar-refractivity contribution in [3.63, 3.8) is 0 Å². The van der Waals surface area contributed by atoms with Gasteiger partial charge in [-0.05, 0) is 60.4 Å². The molecule has 2 unspecified atom stereocenters. The zero-order valence-electron chi connectivity index (χ0n) is 22.6. The number of piperidine rings is 1. The molecule has 3 heterocycles. The summed E-state index contributed by atoms with van der Waals surface area (Å²) in [4.78, 5) is 41.2. The van der Waals surface area contributed by atoms with Crippen molar-refractivity contribution < 1.29 is 14.3 Å². The van der Waals surface area contributed by atoms with Gasteiger partial charge in [-0.1, -0.05) is 54.6 Å². The number of benzene rings is 3. The summed E-state index contributed by atoms with van der Waals surface area (Å²) in [6.45, 7) is 1.66. The van der Waals surface area contributed by atoms with Crippen LogP contribution in [0.25, 0.3) is 0 Å². The van der Waals surface area contributed by atoms with Crippen LogP contribution >= 0.6 is 0 Å². The molecule has 2 aliphatic heterocycles. The summed E-state index contributed by atoms with van der Waals surface area (Å²) in [5, 5.41) is 5.96. The number of nitrogens with one attached hydrogen (secondary N) is 2. The van der Waals surface area contributed by atoms with E-state index in [-0.39, 0.29) is 29.3 Å². The number of hydrogen-bond donors (Lipinski definition) is 2. The molecule has 1 aromatic heterocycles. The number of para-hydroxylation sites is 1. The van der Waals surface area contributed by atoms with Gasteiger partial charge in [-0.25, -0.2) is 4.79 Å². The van der Waals surface area contributed by atoms with Crippen LogP contribution in [0.4, 0.5) is 10.5 Å². The number of fused-ring (bicyclic) bond motifs is 4. The molecule has 1 saturated heterocycles. The number of hydrogen-bond acceptors (Lipinski definition) is 4. The van der Waals surface area contributed by atoms with Crippen LogP contribution in [-0.2, 0) is 17.8 Å². The summed E-state index contributed by atoms with van der Waals surface area (Å²) < 4.78 is 7.69. The smallest absolute Gasteiger partial charge is 0.318 e. The Labute approximate surface area is 238 Å². The van der Waals surface area contributed by atoms with Crippen LogP contribution in [0.3, 0.4) is 0 Å². The van der Waals surface area contributed by atoms with Crippen molar-refractivity contribution in [1.29, 1.82) is 0 Å². The maximum atomic E-state index is 13.5. The molecule has 2 N–H and O–H groups in total. The van der Waals surface area contributed by atoms with E-state index in [2.05, 4.69) is 10.6 Å². The molecule has 3 atom stereocenters. The van der Waals surface area contributed by atoms with Crippen LogP contribution in [0.15, 0.2) is 108 Å². The van der Waals surface area contributed by atoms with Crippen molar-refractivity contribution in [2.45, 2.75) is 31.3 Å². The third-order valence-electron chi connectivity index (χ3n) is 7.76. The standard InChI is InChI=1S/C33H32N4O4/c38-31-13-7-12-30-25-18-24(21-37(30)31)20-36(22-25)33(40)35-29(19-23-8-3-1-4-9-23)32(39)34-26-14-16-28(17-15-26)41-27-10-5-2-6-11-27/h1-17,24-25,29H,18-22H2,(H,34,39)(H,35,40)/t24?,25?,29-/m0/s1. The number of rotatable bonds is 7. The number of urea groups is 1. The number of likely N-dealkylation sites (tertiary alicyclic amines) is 1. The van der Waals surface area contributed by atoms with Gasteiger partial charge in [-0.3, -0.25) is 9.59 Å². The molecule has 0 aliphatic carbocycles. The van der Waals surface area contributed by atoms with Crippen LogP contribution in [0, 0.1) is 5.92 Å². The van der Waals surface area contributed by atoms with Gasteiger partial charge in [0.25, 0.3) is 5.56 Å². The SMILES string of the molecule is O=C(Nc1ccc(Oc2ccccc2)cc1)[C@H](Cc1ccccc1)NC(=O)N1CC2CC(C1)c1cccc(=O)n1C2. The van der Waals surface area contributed by atoms with E-state index in [1.54, 1.807) is 41.3 Å². The van der Waals surface area contributed by atoms with E-state index in [1.165, 1.54) is 0 Å². The molecule has 0 spiro atoms. The van der Waals surface area contributed by atoms with Crippen molar-refractivity contribution in [2.75, 3.05) is 18.4 Å². The lowest BCUT2D eigenvalue weighted by molar-refractivity contribution is -0.118. The first-order valence-corrected chi connectivity index (χ1v) is 13.9. The highest BCUT2D eigenvalue weighted by atomic mass is 16.5. The second-order valence-electron chi connectivity index (χ2n) is 10.7. The number of amides is 3. The fraction of sp³-hybridized carbons (Fsp3) is 0.242. The highest BCUT2D eigenvalue weighted by Gasteiger charge is 2.37. The van der Waals surface area contributed by atoms with Crippen molar-refractivity contribution >= 4 is 17.6 Å². The minimum absolute atomic E-state index is 0.00867. The maximum Gasteiger partial charge on any atom is 0.318 e. The normalized spacial score (nSPS) is 18.1. The van der Waals surface area contributed by atoms with Gasteiger partial charge in [-0.2, -0.15) is 0 Å². The molecule has 2 aliphatic rings.